The van der Waals surface area contributed by atoms with Gasteiger partial charge in [-0.1, -0.05) is 6.92 Å². The minimum absolute atomic E-state index is 0.0547. The van der Waals surface area contributed by atoms with Crippen molar-refractivity contribution in [2.24, 2.45) is 5.92 Å². The van der Waals surface area contributed by atoms with Crippen LogP contribution in [0.2, 0.25) is 0 Å². The molecule has 3 rings (SSSR count). The van der Waals surface area contributed by atoms with Gasteiger partial charge in [0.1, 0.15) is 0 Å². The van der Waals surface area contributed by atoms with E-state index in [9.17, 15) is 13.2 Å². The van der Waals surface area contributed by atoms with E-state index in [0.29, 0.717) is 18.1 Å². The predicted molar refractivity (Wildman–Crippen MR) is 98.5 cm³/mol. The Bertz CT molecular complexity index is 714. The molecular weight excluding hydrogens is 354 g/mol. The summed E-state index contributed by atoms with van der Waals surface area (Å²) < 4.78 is 32.7. The lowest BCUT2D eigenvalue weighted by Crippen LogP contribution is -2.50. The second kappa shape index (κ2) is 8.47. The number of amides is 1. The lowest BCUT2D eigenvalue weighted by Gasteiger charge is -2.30. The molecule has 1 amide bonds. The Morgan fingerprint density at radius 1 is 1.27 bits per heavy atom. The summed E-state index contributed by atoms with van der Waals surface area (Å²) >= 11 is 0. The molecule has 2 heterocycles. The quantitative estimate of drug-likeness (QED) is 0.680. The van der Waals surface area contributed by atoms with Crippen LogP contribution in [0.1, 0.15) is 36.5 Å². The van der Waals surface area contributed by atoms with Gasteiger partial charge in [0.25, 0.3) is 5.91 Å². The molecule has 0 aliphatic carbocycles. The van der Waals surface area contributed by atoms with Crippen LogP contribution in [0, 0.1) is 5.92 Å². The van der Waals surface area contributed by atoms with E-state index in [1.54, 1.807) is 12.1 Å². The zero-order valence-corrected chi connectivity index (χ0v) is 15.8. The van der Waals surface area contributed by atoms with Gasteiger partial charge in [-0.25, -0.2) is 13.1 Å². The molecule has 2 saturated heterocycles. The SMILES string of the molecule is CC1CCNCC1NC(=O)c1ccc(S(=O)(=O)NCC2CCCO2)cc1. The molecule has 0 aromatic heterocycles. The number of carbonyl (C=O) groups is 1. The van der Waals surface area contributed by atoms with Gasteiger partial charge in [0.15, 0.2) is 0 Å². The highest BCUT2D eigenvalue weighted by atomic mass is 32.2. The summed E-state index contributed by atoms with van der Waals surface area (Å²) in [6.45, 7) is 4.81. The van der Waals surface area contributed by atoms with Crippen LogP contribution in [0.4, 0.5) is 0 Å². The molecule has 2 fully saturated rings. The molecule has 1 aromatic rings. The first-order valence-electron chi connectivity index (χ1n) is 9.18. The summed E-state index contributed by atoms with van der Waals surface area (Å²) in [7, 11) is -3.60. The fraction of sp³-hybridized carbons (Fsp3) is 0.611. The van der Waals surface area contributed by atoms with E-state index in [4.69, 9.17) is 4.74 Å². The van der Waals surface area contributed by atoms with Crippen molar-refractivity contribution in [3.05, 3.63) is 29.8 Å². The van der Waals surface area contributed by atoms with E-state index >= 15 is 0 Å². The average molecular weight is 381 g/mol. The average Bonchev–Trinajstić information content (AvgIpc) is 3.16. The topological polar surface area (TPSA) is 96.5 Å². The van der Waals surface area contributed by atoms with Crippen LogP contribution >= 0.6 is 0 Å². The van der Waals surface area contributed by atoms with Gasteiger partial charge in [0.05, 0.1) is 11.0 Å². The Labute approximate surface area is 154 Å². The van der Waals surface area contributed by atoms with Crippen molar-refractivity contribution in [3.63, 3.8) is 0 Å². The third-order valence-electron chi connectivity index (χ3n) is 5.10. The highest BCUT2D eigenvalue weighted by molar-refractivity contribution is 7.89. The Balaban J connectivity index is 1.58. The minimum Gasteiger partial charge on any atom is -0.377 e. The number of benzene rings is 1. The number of sulfonamides is 1. The molecule has 0 bridgehead atoms. The zero-order valence-electron chi connectivity index (χ0n) is 15.0. The Morgan fingerprint density at radius 2 is 2.04 bits per heavy atom. The number of hydrogen-bond acceptors (Lipinski definition) is 5. The smallest absolute Gasteiger partial charge is 0.251 e. The van der Waals surface area contributed by atoms with Gasteiger partial charge < -0.3 is 15.4 Å². The number of carbonyl (C=O) groups excluding carboxylic acids is 1. The normalized spacial score (nSPS) is 26.6. The lowest BCUT2D eigenvalue weighted by molar-refractivity contribution is 0.0915. The van der Waals surface area contributed by atoms with Crippen molar-refractivity contribution >= 4 is 15.9 Å². The third kappa shape index (κ3) is 4.82. The van der Waals surface area contributed by atoms with E-state index in [0.717, 1.165) is 32.4 Å². The van der Waals surface area contributed by atoms with Crippen LogP contribution in [0.15, 0.2) is 29.2 Å². The summed E-state index contributed by atoms with van der Waals surface area (Å²) in [5, 5.41) is 6.30. The van der Waals surface area contributed by atoms with Gasteiger partial charge in [-0.15, -0.1) is 0 Å². The molecular formula is C18H27N3O4S. The van der Waals surface area contributed by atoms with Gasteiger partial charge >= 0.3 is 0 Å². The van der Waals surface area contributed by atoms with Crippen molar-refractivity contribution < 1.29 is 17.9 Å². The summed E-state index contributed by atoms with van der Waals surface area (Å²) in [6.07, 6.45) is 2.81. The fourth-order valence-corrected chi connectivity index (χ4v) is 4.38. The van der Waals surface area contributed by atoms with Gasteiger partial charge in [-0.3, -0.25) is 4.79 Å². The van der Waals surface area contributed by atoms with Crippen LogP contribution in [0.5, 0.6) is 0 Å². The molecule has 0 saturated carbocycles. The number of rotatable bonds is 6. The lowest BCUT2D eigenvalue weighted by atomic mass is 9.94. The molecule has 144 valence electrons. The van der Waals surface area contributed by atoms with Gasteiger partial charge in [0, 0.05) is 31.3 Å². The van der Waals surface area contributed by atoms with Crippen molar-refractivity contribution in [3.8, 4) is 0 Å². The maximum Gasteiger partial charge on any atom is 0.251 e. The number of hydrogen-bond donors (Lipinski definition) is 3. The summed E-state index contributed by atoms with van der Waals surface area (Å²) in [4.78, 5) is 12.6. The van der Waals surface area contributed by atoms with Gasteiger partial charge in [-0.2, -0.15) is 0 Å². The first-order valence-corrected chi connectivity index (χ1v) is 10.7. The van der Waals surface area contributed by atoms with Crippen LogP contribution in [0.3, 0.4) is 0 Å². The summed E-state index contributed by atoms with van der Waals surface area (Å²) in [6, 6.07) is 6.13. The zero-order chi connectivity index (χ0) is 18.6. The molecule has 3 unspecified atom stereocenters. The third-order valence-corrected chi connectivity index (χ3v) is 6.54. The summed E-state index contributed by atoms with van der Waals surface area (Å²) in [5.74, 6) is 0.240. The Kier molecular flexibility index (Phi) is 6.29. The highest BCUT2D eigenvalue weighted by Crippen LogP contribution is 2.15. The number of nitrogens with one attached hydrogen (secondary N) is 3. The number of piperidine rings is 1. The predicted octanol–water partition coefficient (Wildman–Crippen LogP) is 0.872. The molecule has 3 N–H and O–H groups in total. The van der Waals surface area contributed by atoms with Crippen LogP contribution < -0.4 is 15.4 Å². The second-order valence-corrected chi connectivity index (χ2v) is 8.83. The van der Waals surface area contributed by atoms with E-state index in [1.807, 2.05) is 0 Å². The minimum atomic E-state index is -3.60. The summed E-state index contributed by atoms with van der Waals surface area (Å²) in [5.41, 5.74) is 0.459. The molecule has 2 aliphatic heterocycles. The van der Waals surface area contributed by atoms with Crippen molar-refractivity contribution in [1.29, 1.82) is 0 Å². The van der Waals surface area contributed by atoms with E-state index in [1.165, 1.54) is 12.1 Å². The molecule has 2 aliphatic rings. The second-order valence-electron chi connectivity index (χ2n) is 7.06. The van der Waals surface area contributed by atoms with Crippen molar-refractivity contribution in [2.45, 2.75) is 43.2 Å². The fourth-order valence-electron chi connectivity index (χ4n) is 3.31. The maximum absolute atomic E-state index is 12.4. The molecule has 3 atom stereocenters. The Morgan fingerprint density at radius 3 is 2.69 bits per heavy atom. The Hall–Kier alpha value is -1.48. The first-order chi connectivity index (χ1) is 12.5. The molecule has 7 nitrogen and oxygen atoms in total. The molecule has 26 heavy (non-hydrogen) atoms. The molecule has 8 heteroatoms. The largest absolute Gasteiger partial charge is 0.377 e. The molecule has 0 radical (unpaired) electrons. The molecule has 1 aromatic carbocycles. The van der Waals surface area contributed by atoms with E-state index in [2.05, 4.69) is 22.3 Å². The van der Waals surface area contributed by atoms with Crippen LogP contribution in [-0.4, -0.2) is 52.7 Å². The van der Waals surface area contributed by atoms with Crippen LogP contribution in [0.25, 0.3) is 0 Å². The monoisotopic (exact) mass is 381 g/mol. The van der Waals surface area contributed by atoms with Crippen molar-refractivity contribution in [1.82, 2.24) is 15.4 Å². The highest BCUT2D eigenvalue weighted by Gasteiger charge is 2.24. The number of ether oxygens (including phenoxy) is 1. The van der Waals surface area contributed by atoms with E-state index < -0.39 is 10.0 Å². The van der Waals surface area contributed by atoms with Crippen LogP contribution in [-0.2, 0) is 14.8 Å². The maximum atomic E-state index is 12.4. The van der Waals surface area contributed by atoms with Crippen molar-refractivity contribution in [2.75, 3.05) is 26.2 Å². The van der Waals surface area contributed by atoms with Gasteiger partial charge in [0.2, 0.25) is 10.0 Å². The van der Waals surface area contributed by atoms with E-state index in [-0.39, 0.29) is 29.5 Å². The molecule has 0 spiro atoms. The van der Waals surface area contributed by atoms with Gasteiger partial charge in [-0.05, 0) is 56.0 Å². The standard InChI is InChI=1S/C18H27N3O4S/c1-13-8-9-19-12-17(13)21-18(22)14-4-6-16(7-5-14)26(23,24)20-11-15-3-2-10-25-15/h4-7,13,15,17,19-20H,2-3,8-12H2,1H3,(H,21,22). The first kappa shape index (κ1) is 19.3.